The van der Waals surface area contributed by atoms with Gasteiger partial charge in [-0.25, -0.2) is 4.79 Å². The number of nitrogens with zero attached hydrogens (tertiary/aromatic N) is 2. The number of benzene rings is 1. The fourth-order valence-electron chi connectivity index (χ4n) is 2.94. The number of alkyl halides is 3. The fraction of sp³-hybridized carbons (Fsp3) is 0.429. The molecule has 0 aliphatic carbocycles. The van der Waals surface area contributed by atoms with E-state index >= 15 is 0 Å². The Kier molecular flexibility index (Phi) is 3.36. The lowest BCUT2D eigenvalue weighted by Gasteiger charge is -2.15. The summed E-state index contributed by atoms with van der Waals surface area (Å²) in [6.07, 6.45) is -4.02. The standard InChI is InChI=1S/C14H14F3N3O2/c1-19-6-5-8(7-19)20-12(21)9-3-2-4-10(14(15,16)17)11(9)18-13(20)22/h2-4,8H,5-7H2,1H3,(H,18,22). The molecule has 1 aliphatic heterocycles. The Labute approximate surface area is 123 Å². The van der Waals surface area contributed by atoms with Crippen molar-refractivity contribution in [1.82, 2.24) is 14.5 Å². The third kappa shape index (κ3) is 2.33. The second-order valence-electron chi connectivity index (χ2n) is 5.54. The average Bonchev–Trinajstić information content (AvgIpc) is 2.83. The van der Waals surface area contributed by atoms with Crippen LogP contribution in [-0.4, -0.2) is 34.6 Å². The van der Waals surface area contributed by atoms with Crippen molar-refractivity contribution >= 4 is 10.9 Å². The zero-order valence-electron chi connectivity index (χ0n) is 11.8. The van der Waals surface area contributed by atoms with Gasteiger partial charge in [-0.3, -0.25) is 9.36 Å². The molecule has 8 heteroatoms. The number of rotatable bonds is 1. The van der Waals surface area contributed by atoms with Crippen molar-refractivity contribution in [3.05, 3.63) is 44.6 Å². The molecule has 22 heavy (non-hydrogen) atoms. The second kappa shape index (κ2) is 4.98. The third-order valence-electron chi connectivity index (χ3n) is 4.00. The average molecular weight is 313 g/mol. The maximum absolute atomic E-state index is 13.0. The van der Waals surface area contributed by atoms with E-state index in [1.807, 2.05) is 11.9 Å². The van der Waals surface area contributed by atoms with E-state index in [4.69, 9.17) is 0 Å². The van der Waals surface area contributed by atoms with E-state index in [0.717, 1.165) is 17.2 Å². The maximum Gasteiger partial charge on any atom is 0.418 e. The van der Waals surface area contributed by atoms with Crippen molar-refractivity contribution in [3.63, 3.8) is 0 Å². The number of hydrogen-bond acceptors (Lipinski definition) is 3. The number of aromatic amines is 1. The predicted molar refractivity (Wildman–Crippen MR) is 75.0 cm³/mol. The highest BCUT2D eigenvalue weighted by Crippen LogP contribution is 2.32. The lowest BCUT2D eigenvalue weighted by molar-refractivity contribution is -0.136. The molecule has 0 radical (unpaired) electrons. The van der Waals surface area contributed by atoms with Gasteiger partial charge in [-0.2, -0.15) is 13.2 Å². The Morgan fingerprint density at radius 1 is 1.27 bits per heavy atom. The fourth-order valence-corrected chi connectivity index (χ4v) is 2.94. The lowest BCUT2D eigenvalue weighted by Crippen LogP contribution is -2.39. The van der Waals surface area contributed by atoms with Crippen LogP contribution in [0.3, 0.4) is 0 Å². The summed E-state index contributed by atoms with van der Waals surface area (Å²) in [5.41, 5.74) is -2.93. The van der Waals surface area contributed by atoms with Gasteiger partial charge in [0.05, 0.1) is 22.5 Å². The number of aromatic nitrogens is 2. The molecule has 1 atom stereocenters. The molecule has 1 aromatic carbocycles. The normalized spacial score (nSPS) is 19.9. The lowest BCUT2D eigenvalue weighted by atomic mass is 10.1. The largest absolute Gasteiger partial charge is 0.418 e. The van der Waals surface area contributed by atoms with Crippen LogP contribution in [-0.2, 0) is 6.18 Å². The van der Waals surface area contributed by atoms with Crippen LogP contribution < -0.4 is 11.2 Å². The molecule has 1 unspecified atom stereocenters. The first-order valence-corrected chi connectivity index (χ1v) is 6.82. The molecule has 1 aliphatic rings. The molecule has 1 saturated heterocycles. The third-order valence-corrected chi connectivity index (χ3v) is 4.00. The number of nitrogens with one attached hydrogen (secondary N) is 1. The minimum atomic E-state index is -4.63. The number of H-pyrrole nitrogens is 1. The van der Waals surface area contributed by atoms with E-state index in [1.165, 1.54) is 12.1 Å². The first kappa shape index (κ1) is 14.8. The molecule has 1 aromatic heterocycles. The van der Waals surface area contributed by atoms with Crippen molar-refractivity contribution in [2.45, 2.75) is 18.6 Å². The van der Waals surface area contributed by atoms with Gasteiger partial charge < -0.3 is 9.88 Å². The van der Waals surface area contributed by atoms with Gasteiger partial charge in [-0.05, 0) is 32.1 Å². The number of fused-ring (bicyclic) bond motifs is 1. The summed E-state index contributed by atoms with van der Waals surface area (Å²) in [7, 11) is 1.86. The van der Waals surface area contributed by atoms with E-state index in [1.54, 1.807) is 0 Å². The van der Waals surface area contributed by atoms with Crippen LogP contribution in [0.5, 0.6) is 0 Å². The minimum Gasteiger partial charge on any atom is -0.306 e. The molecule has 1 fully saturated rings. The summed E-state index contributed by atoms with van der Waals surface area (Å²) >= 11 is 0. The Bertz CT molecular complexity index is 838. The molecule has 0 amide bonds. The van der Waals surface area contributed by atoms with Gasteiger partial charge >= 0.3 is 11.9 Å². The van der Waals surface area contributed by atoms with E-state index in [-0.39, 0.29) is 11.4 Å². The summed E-state index contributed by atoms with van der Waals surface area (Å²) in [6.45, 7) is 1.25. The van der Waals surface area contributed by atoms with Crippen LogP contribution in [0.25, 0.3) is 10.9 Å². The first-order chi connectivity index (χ1) is 10.3. The van der Waals surface area contributed by atoms with Gasteiger partial charge in [-0.15, -0.1) is 0 Å². The zero-order valence-corrected chi connectivity index (χ0v) is 11.8. The Balaban J connectivity index is 2.27. The smallest absolute Gasteiger partial charge is 0.306 e. The van der Waals surface area contributed by atoms with Crippen LogP contribution in [0.1, 0.15) is 18.0 Å². The predicted octanol–water partition coefficient (Wildman–Crippen LogP) is 1.59. The molecule has 2 aromatic rings. The Morgan fingerprint density at radius 3 is 2.59 bits per heavy atom. The molecule has 118 valence electrons. The van der Waals surface area contributed by atoms with Gasteiger partial charge in [0.2, 0.25) is 0 Å². The van der Waals surface area contributed by atoms with Gasteiger partial charge in [0, 0.05) is 6.54 Å². The monoisotopic (exact) mass is 313 g/mol. The van der Waals surface area contributed by atoms with Gasteiger partial charge in [0.1, 0.15) is 0 Å². The van der Waals surface area contributed by atoms with Gasteiger partial charge in [0.15, 0.2) is 0 Å². The Hall–Kier alpha value is -2.09. The van der Waals surface area contributed by atoms with Crippen LogP contribution in [0.2, 0.25) is 0 Å². The number of hydrogen-bond donors (Lipinski definition) is 1. The molecule has 5 nitrogen and oxygen atoms in total. The molecule has 1 N–H and O–H groups in total. The summed E-state index contributed by atoms with van der Waals surface area (Å²) in [4.78, 5) is 28.8. The number of halogens is 3. The van der Waals surface area contributed by atoms with Crippen molar-refractivity contribution < 1.29 is 13.2 Å². The van der Waals surface area contributed by atoms with E-state index < -0.39 is 28.5 Å². The SMILES string of the molecule is CN1CCC(n2c(=O)[nH]c3c(C(F)(F)F)cccc3c2=O)C1. The highest BCUT2D eigenvalue weighted by Gasteiger charge is 2.34. The first-order valence-electron chi connectivity index (χ1n) is 6.82. The highest BCUT2D eigenvalue weighted by atomic mass is 19.4. The van der Waals surface area contributed by atoms with Crippen molar-refractivity contribution in [3.8, 4) is 0 Å². The van der Waals surface area contributed by atoms with Gasteiger partial charge in [0.25, 0.3) is 5.56 Å². The maximum atomic E-state index is 13.0. The van der Waals surface area contributed by atoms with Crippen LogP contribution in [0.15, 0.2) is 27.8 Å². The Morgan fingerprint density at radius 2 is 2.00 bits per heavy atom. The topological polar surface area (TPSA) is 58.1 Å². The molecule has 0 bridgehead atoms. The highest BCUT2D eigenvalue weighted by molar-refractivity contribution is 5.81. The van der Waals surface area contributed by atoms with Crippen LogP contribution in [0.4, 0.5) is 13.2 Å². The van der Waals surface area contributed by atoms with Gasteiger partial charge in [-0.1, -0.05) is 6.07 Å². The zero-order chi connectivity index (χ0) is 16.1. The summed E-state index contributed by atoms with van der Waals surface area (Å²) < 4.78 is 40.0. The van der Waals surface area contributed by atoms with E-state index in [0.29, 0.717) is 13.0 Å². The molecule has 3 rings (SSSR count). The molecule has 0 spiro atoms. The minimum absolute atomic E-state index is 0.121. The van der Waals surface area contributed by atoms with Crippen LogP contribution in [0, 0.1) is 0 Å². The number of para-hydroxylation sites is 1. The van der Waals surface area contributed by atoms with Crippen molar-refractivity contribution in [1.29, 1.82) is 0 Å². The quantitative estimate of drug-likeness (QED) is 0.870. The van der Waals surface area contributed by atoms with Crippen molar-refractivity contribution in [2.75, 3.05) is 20.1 Å². The van der Waals surface area contributed by atoms with E-state index in [2.05, 4.69) is 4.98 Å². The number of likely N-dealkylation sites (tertiary alicyclic amines) is 1. The molecular weight excluding hydrogens is 299 g/mol. The van der Waals surface area contributed by atoms with Crippen LogP contribution >= 0.6 is 0 Å². The summed E-state index contributed by atoms with van der Waals surface area (Å²) in [6, 6.07) is 3.01. The molecule has 2 heterocycles. The number of likely N-dealkylation sites (N-methyl/N-ethyl adjacent to an activating group) is 1. The summed E-state index contributed by atoms with van der Waals surface area (Å²) in [5, 5.41) is -0.121. The van der Waals surface area contributed by atoms with E-state index in [9.17, 15) is 22.8 Å². The second-order valence-corrected chi connectivity index (χ2v) is 5.54. The van der Waals surface area contributed by atoms with Crippen molar-refractivity contribution in [2.24, 2.45) is 0 Å². The summed E-state index contributed by atoms with van der Waals surface area (Å²) in [5.74, 6) is 0. The molecule has 0 saturated carbocycles. The molecular formula is C14H14F3N3O2.